The summed E-state index contributed by atoms with van der Waals surface area (Å²) in [6.45, 7) is 0.0920. The maximum Gasteiger partial charge on any atom is 0.433 e. The van der Waals surface area contributed by atoms with Crippen molar-refractivity contribution < 1.29 is 17.9 Å². The lowest BCUT2D eigenvalue weighted by atomic mass is 10.1. The molecule has 1 N–H and O–H groups in total. The maximum absolute atomic E-state index is 12.6. The van der Waals surface area contributed by atoms with Gasteiger partial charge in [-0.25, -0.2) is 4.98 Å². The van der Waals surface area contributed by atoms with Crippen molar-refractivity contribution in [3.63, 3.8) is 0 Å². The van der Waals surface area contributed by atoms with E-state index >= 15 is 0 Å². The number of benzene rings is 1. The van der Waals surface area contributed by atoms with Gasteiger partial charge in [-0.15, -0.1) is 5.10 Å². The molecule has 0 radical (unpaired) electrons. The first-order valence-corrected chi connectivity index (χ1v) is 7.40. The lowest BCUT2D eigenvalue weighted by molar-refractivity contribution is -0.141. The number of nitrogens with zero attached hydrogens (tertiary/aromatic N) is 5. The minimum Gasteiger partial charge on any atom is -0.463 e. The third-order valence-corrected chi connectivity index (χ3v) is 3.40. The minimum atomic E-state index is -4.55. The summed E-state index contributed by atoms with van der Waals surface area (Å²) >= 11 is 0. The van der Waals surface area contributed by atoms with E-state index in [-0.39, 0.29) is 18.3 Å². The van der Waals surface area contributed by atoms with Crippen molar-refractivity contribution >= 4 is 0 Å². The van der Waals surface area contributed by atoms with Crippen LogP contribution in [0.15, 0.2) is 36.5 Å². The van der Waals surface area contributed by atoms with E-state index in [1.807, 2.05) is 12.1 Å². The van der Waals surface area contributed by atoms with Crippen LogP contribution >= 0.6 is 0 Å². The molecule has 0 aliphatic heterocycles. The Morgan fingerprint density at radius 3 is 2.81 bits per heavy atom. The zero-order valence-corrected chi connectivity index (χ0v) is 13.2. The zero-order chi connectivity index (χ0) is 18.6. The SMILES string of the molecule is N#Cc1n[nH]nc1-c1cccc(CCOc2nccc(C(F)(F)F)n2)c1. The largest absolute Gasteiger partial charge is 0.463 e. The summed E-state index contributed by atoms with van der Waals surface area (Å²) in [7, 11) is 0. The van der Waals surface area contributed by atoms with Gasteiger partial charge < -0.3 is 4.74 Å². The highest BCUT2D eigenvalue weighted by atomic mass is 19.4. The number of aromatic nitrogens is 5. The number of H-pyrrole nitrogens is 1. The van der Waals surface area contributed by atoms with Gasteiger partial charge in [0.2, 0.25) is 0 Å². The highest BCUT2D eigenvalue weighted by Crippen LogP contribution is 2.28. The summed E-state index contributed by atoms with van der Waals surface area (Å²) < 4.78 is 43.1. The molecule has 10 heteroatoms. The highest BCUT2D eigenvalue weighted by Gasteiger charge is 2.33. The molecule has 0 spiro atoms. The second-order valence-electron chi connectivity index (χ2n) is 5.15. The molecule has 0 fully saturated rings. The molecule has 0 atom stereocenters. The predicted molar refractivity (Wildman–Crippen MR) is 82.8 cm³/mol. The van der Waals surface area contributed by atoms with E-state index in [2.05, 4.69) is 25.4 Å². The Morgan fingerprint density at radius 1 is 1.19 bits per heavy atom. The van der Waals surface area contributed by atoms with Crippen LogP contribution in [0.25, 0.3) is 11.3 Å². The van der Waals surface area contributed by atoms with Crippen molar-refractivity contribution in [3.8, 4) is 23.3 Å². The molecule has 0 saturated heterocycles. The van der Waals surface area contributed by atoms with E-state index in [0.29, 0.717) is 17.7 Å². The second-order valence-corrected chi connectivity index (χ2v) is 5.15. The molecule has 0 amide bonds. The van der Waals surface area contributed by atoms with Gasteiger partial charge in [-0.1, -0.05) is 18.2 Å². The summed E-state index contributed by atoms with van der Waals surface area (Å²) in [6, 6.07) is 9.56. The van der Waals surface area contributed by atoms with Crippen molar-refractivity contribution in [3.05, 3.63) is 53.5 Å². The molecular weight excluding hydrogens is 349 g/mol. The first-order chi connectivity index (χ1) is 12.5. The Balaban J connectivity index is 1.66. The average Bonchev–Trinajstić information content (AvgIpc) is 3.10. The molecule has 26 heavy (non-hydrogen) atoms. The van der Waals surface area contributed by atoms with Crippen LogP contribution in [0.3, 0.4) is 0 Å². The van der Waals surface area contributed by atoms with Gasteiger partial charge in [0.1, 0.15) is 11.8 Å². The topological polar surface area (TPSA) is 100 Å². The number of nitrogens with one attached hydrogen (secondary N) is 1. The number of ether oxygens (including phenoxy) is 1. The van der Waals surface area contributed by atoms with Crippen LogP contribution in [0.4, 0.5) is 13.2 Å². The Kier molecular flexibility index (Phi) is 4.79. The van der Waals surface area contributed by atoms with Gasteiger partial charge in [0, 0.05) is 18.2 Å². The van der Waals surface area contributed by atoms with Crippen LogP contribution < -0.4 is 4.74 Å². The number of nitriles is 1. The average molecular weight is 360 g/mol. The van der Waals surface area contributed by atoms with Gasteiger partial charge in [-0.3, -0.25) is 0 Å². The van der Waals surface area contributed by atoms with Gasteiger partial charge >= 0.3 is 12.2 Å². The summed E-state index contributed by atoms with van der Waals surface area (Å²) in [5.41, 5.74) is 1.09. The van der Waals surface area contributed by atoms with Crippen LogP contribution in [-0.2, 0) is 12.6 Å². The Bertz CT molecular complexity index is 947. The molecule has 1 aromatic carbocycles. The van der Waals surface area contributed by atoms with Gasteiger partial charge in [-0.05, 0) is 17.7 Å². The molecular formula is C16H11F3N6O. The first-order valence-electron chi connectivity index (χ1n) is 7.40. The van der Waals surface area contributed by atoms with E-state index in [4.69, 9.17) is 10.00 Å². The third-order valence-electron chi connectivity index (χ3n) is 3.40. The van der Waals surface area contributed by atoms with Crippen LogP contribution in [-0.4, -0.2) is 32.0 Å². The molecule has 0 saturated carbocycles. The fourth-order valence-corrected chi connectivity index (χ4v) is 2.21. The van der Waals surface area contributed by atoms with Crippen LogP contribution in [0.2, 0.25) is 0 Å². The molecule has 0 bridgehead atoms. The predicted octanol–water partition coefficient (Wildman–Crippen LogP) is 2.77. The number of alkyl halides is 3. The Labute approximate surface area is 145 Å². The van der Waals surface area contributed by atoms with E-state index in [9.17, 15) is 13.2 Å². The lowest BCUT2D eigenvalue weighted by Gasteiger charge is -2.08. The van der Waals surface area contributed by atoms with E-state index in [1.165, 1.54) is 0 Å². The summed E-state index contributed by atoms with van der Waals surface area (Å²) in [5.74, 6) is 0. The lowest BCUT2D eigenvalue weighted by Crippen LogP contribution is -2.11. The molecule has 3 rings (SSSR count). The number of aromatic amines is 1. The standard InChI is InChI=1S/C16H11F3N6O/c17-16(18,19)13-4-6-21-15(22-13)26-7-5-10-2-1-3-11(8-10)14-12(9-20)23-25-24-14/h1-4,6,8H,5,7H2,(H,23,24,25). The second kappa shape index (κ2) is 7.18. The molecule has 7 nitrogen and oxygen atoms in total. The van der Waals surface area contributed by atoms with Gasteiger partial charge in [0.25, 0.3) is 0 Å². The smallest absolute Gasteiger partial charge is 0.433 e. The number of hydrogen-bond donors (Lipinski definition) is 1. The Morgan fingerprint density at radius 2 is 2.04 bits per heavy atom. The number of hydrogen-bond acceptors (Lipinski definition) is 6. The van der Waals surface area contributed by atoms with Crippen molar-refractivity contribution in [1.82, 2.24) is 25.4 Å². The van der Waals surface area contributed by atoms with E-state index < -0.39 is 11.9 Å². The van der Waals surface area contributed by atoms with E-state index in [0.717, 1.165) is 17.8 Å². The van der Waals surface area contributed by atoms with Gasteiger partial charge in [0.05, 0.1) is 6.61 Å². The molecule has 3 aromatic rings. The Hall–Kier alpha value is -3.48. The maximum atomic E-state index is 12.6. The molecule has 2 aromatic heterocycles. The third kappa shape index (κ3) is 3.94. The number of rotatable bonds is 5. The zero-order valence-electron chi connectivity index (χ0n) is 13.2. The summed E-state index contributed by atoms with van der Waals surface area (Å²) in [6.07, 6.45) is -3.14. The van der Waals surface area contributed by atoms with Crippen molar-refractivity contribution in [2.24, 2.45) is 0 Å². The van der Waals surface area contributed by atoms with Crippen LogP contribution in [0.5, 0.6) is 6.01 Å². The molecule has 132 valence electrons. The molecule has 0 aliphatic carbocycles. The monoisotopic (exact) mass is 360 g/mol. The van der Waals surface area contributed by atoms with Crippen molar-refractivity contribution in [1.29, 1.82) is 5.26 Å². The van der Waals surface area contributed by atoms with Gasteiger partial charge in [-0.2, -0.15) is 33.7 Å². The summed E-state index contributed by atoms with van der Waals surface area (Å²) in [4.78, 5) is 7.01. The molecule has 2 heterocycles. The fourth-order valence-electron chi connectivity index (χ4n) is 2.21. The summed E-state index contributed by atoms with van der Waals surface area (Å²) in [5, 5.41) is 19.1. The minimum absolute atomic E-state index is 0.0920. The quantitative estimate of drug-likeness (QED) is 0.751. The molecule has 0 aliphatic rings. The fraction of sp³-hybridized carbons (Fsp3) is 0.188. The van der Waals surface area contributed by atoms with Crippen LogP contribution in [0, 0.1) is 11.3 Å². The normalized spacial score (nSPS) is 11.2. The number of halogens is 3. The molecule has 0 unspecified atom stereocenters. The van der Waals surface area contributed by atoms with E-state index in [1.54, 1.807) is 18.2 Å². The van der Waals surface area contributed by atoms with Gasteiger partial charge in [0.15, 0.2) is 11.4 Å². The van der Waals surface area contributed by atoms with Crippen LogP contribution in [0.1, 0.15) is 17.0 Å². The van der Waals surface area contributed by atoms with Crippen molar-refractivity contribution in [2.45, 2.75) is 12.6 Å². The first kappa shape index (κ1) is 17.3. The highest BCUT2D eigenvalue weighted by molar-refractivity contribution is 5.64. The van der Waals surface area contributed by atoms with Crippen molar-refractivity contribution in [2.75, 3.05) is 6.61 Å².